The minimum atomic E-state index is -0.992. The molecule has 0 aliphatic carbocycles. The van der Waals surface area contributed by atoms with Crippen LogP contribution in [0.15, 0.2) is 12.1 Å². The number of aliphatic hydroxyl groups is 2. The lowest BCUT2D eigenvalue weighted by molar-refractivity contribution is -0.143. The smallest absolute Gasteiger partial charge is 0.330 e. The number of nitrogens with zero attached hydrogens (tertiary/aromatic N) is 1. The molecule has 0 bridgehead atoms. The number of carbonyl (C=O) groups is 1. The summed E-state index contributed by atoms with van der Waals surface area (Å²) in [7, 11) is 1.22. The van der Waals surface area contributed by atoms with E-state index in [2.05, 4.69) is 10.1 Å². The Labute approximate surface area is 127 Å². The zero-order valence-corrected chi connectivity index (χ0v) is 12.5. The number of halogens is 1. The topological polar surface area (TPSA) is 103 Å². The van der Waals surface area contributed by atoms with Crippen molar-refractivity contribution < 1.29 is 19.7 Å². The highest BCUT2D eigenvalue weighted by molar-refractivity contribution is 6.33. The third-order valence-electron chi connectivity index (χ3n) is 2.97. The molecule has 0 saturated carbocycles. The third kappa shape index (κ3) is 4.08. The van der Waals surface area contributed by atoms with Gasteiger partial charge in [0.15, 0.2) is 6.04 Å². The van der Waals surface area contributed by atoms with Crippen molar-refractivity contribution in [2.24, 2.45) is 0 Å². The van der Waals surface area contributed by atoms with E-state index in [0.29, 0.717) is 11.3 Å². The fourth-order valence-corrected chi connectivity index (χ4v) is 2.17. The molecule has 0 aliphatic heterocycles. The van der Waals surface area contributed by atoms with Gasteiger partial charge in [0, 0.05) is 12.3 Å². The summed E-state index contributed by atoms with van der Waals surface area (Å²) in [5, 5.41) is 30.8. The van der Waals surface area contributed by atoms with Gasteiger partial charge < -0.3 is 20.3 Å². The first-order chi connectivity index (χ1) is 9.96. The van der Waals surface area contributed by atoms with Gasteiger partial charge in [-0.15, -0.1) is 0 Å². The Morgan fingerprint density at radius 1 is 1.57 bits per heavy atom. The molecule has 0 aliphatic rings. The summed E-state index contributed by atoms with van der Waals surface area (Å²) in [6.07, 6.45) is -0.779. The number of aliphatic hydroxyl groups excluding tert-OH is 2. The van der Waals surface area contributed by atoms with Crippen molar-refractivity contribution >= 4 is 23.3 Å². The fourth-order valence-electron chi connectivity index (χ4n) is 1.87. The number of hydrogen-bond acceptors (Lipinski definition) is 6. The molecule has 0 spiro atoms. The Kier molecular flexibility index (Phi) is 6.43. The van der Waals surface area contributed by atoms with E-state index in [0.717, 1.165) is 0 Å². The average Bonchev–Trinajstić information content (AvgIpc) is 2.46. The molecule has 0 aromatic heterocycles. The minimum absolute atomic E-state index is 0.166. The van der Waals surface area contributed by atoms with Crippen LogP contribution in [0.5, 0.6) is 0 Å². The van der Waals surface area contributed by atoms with Crippen molar-refractivity contribution in [3.05, 3.63) is 28.3 Å². The molecule has 2 atom stereocenters. The highest BCUT2D eigenvalue weighted by atomic mass is 35.5. The molecule has 114 valence electrons. The number of methoxy groups -OCH3 is 1. The van der Waals surface area contributed by atoms with E-state index in [9.17, 15) is 9.90 Å². The number of ether oxygens (including phenoxy) is 1. The molecular weight excluding hydrogens is 296 g/mol. The van der Waals surface area contributed by atoms with Crippen LogP contribution < -0.4 is 5.32 Å². The van der Waals surface area contributed by atoms with Crippen molar-refractivity contribution in [1.29, 1.82) is 5.26 Å². The van der Waals surface area contributed by atoms with Crippen LogP contribution in [0.1, 0.15) is 18.1 Å². The summed E-state index contributed by atoms with van der Waals surface area (Å²) in [5.41, 5.74) is 1.24. The van der Waals surface area contributed by atoms with Gasteiger partial charge in [-0.3, -0.25) is 0 Å². The highest BCUT2D eigenvalue weighted by Crippen LogP contribution is 2.29. The second-order valence-corrected chi connectivity index (χ2v) is 4.80. The van der Waals surface area contributed by atoms with Crippen molar-refractivity contribution in [2.75, 3.05) is 19.0 Å². The quantitative estimate of drug-likeness (QED) is 0.679. The van der Waals surface area contributed by atoms with Crippen LogP contribution in [0.2, 0.25) is 5.02 Å². The Morgan fingerprint density at radius 2 is 2.24 bits per heavy atom. The lowest BCUT2D eigenvalue weighted by Crippen LogP contribution is -2.40. The first kappa shape index (κ1) is 17.2. The predicted octanol–water partition coefficient (Wildman–Crippen LogP) is 1.08. The van der Waals surface area contributed by atoms with Gasteiger partial charge in [-0.05, 0) is 31.0 Å². The summed E-state index contributed by atoms with van der Waals surface area (Å²) in [4.78, 5) is 11.7. The maximum absolute atomic E-state index is 11.7. The first-order valence-corrected chi connectivity index (χ1v) is 6.68. The van der Waals surface area contributed by atoms with E-state index >= 15 is 0 Å². The second kappa shape index (κ2) is 7.84. The number of rotatable bonds is 6. The SMILES string of the molecule is COC(=O)[C@H](Nc1ccc(C#N)c(Cl)c1CCO)[C@H](C)O. The van der Waals surface area contributed by atoms with Gasteiger partial charge in [-0.1, -0.05) is 11.6 Å². The molecule has 0 unspecified atom stereocenters. The molecule has 7 heteroatoms. The molecule has 0 saturated heterocycles. The van der Waals surface area contributed by atoms with Gasteiger partial charge in [0.25, 0.3) is 0 Å². The van der Waals surface area contributed by atoms with Gasteiger partial charge in [0.2, 0.25) is 0 Å². The summed E-state index contributed by atoms with van der Waals surface area (Å²) in [5.74, 6) is -0.625. The maximum atomic E-state index is 11.7. The molecule has 0 radical (unpaired) electrons. The maximum Gasteiger partial charge on any atom is 0.330 e. The highest BCUT2D eigenvalue weighted by Gasteiger charge is 2.25. The number of benzene rings is 1. The molecule has 3 N–H and O–H groups in total. The molecule has 1 aromatic rings. The van der Waals surface area contributed by atoms with Crippen molar-refractivity contribution in [1.82, 2.24) is 0 Å². The molecule has 1 aromatic carbocycles. The fraction of sp³-hybridized carbons (Fsp3) is 0.429. The van der Waals surface area contributed by atoms with Gasteiger partial charge in [0.05, 0.1) is 23.8 Å². The molecule has 21 heavy (non-hydrogen) atoms. The lowest BCUT2D eigenvalue weighted by Gasteiger charge is -2.22. The van der Waals surface area contributed by atoms with Crippen LogP contribution in [0.25, 0.3) is 0 Å². The third-order valence-corrected chi connectivity index (χ3v) is 3.41. The predicted molar refractivity (Wildman–Crippen MR) is 78.1 cm³/mol. The number of esters is 1. The number of nitrogens with one attached hydrogen (secondary N) is 1. The van der Waals surface area contributed by atoms with Crippen LogP contribution in [0, 0.1) is 11.3 Å². The van der Waals surface area contributed by atoms with Crippen molar-refractivity contribution in [3.8, 4) is 6.07 Å². The zero-order chi connectivity index (χ0) is 16.0. The normalized spacial score (nSPS) is 13.1. The first-order valence-electron chi connectivity index (χ1n) is 6.31. The van der Waals surface area contributed by atoms with Gasteiger partial charge in [0.1, 0.15) is 6.07 Å². The van der Waals surface area contributed by atoms with Gasteiger partial charge >= 0.3 is 5.97 Å². The molecule has 6 nitrogen and oxygen atoms in total. The Bertz CT molecular complexity index is 555. The van der Waals surface area contributed by atoms with Crippen LogP contribution in [-0.4, -0.2) is 42.0 Å². The van der Waals surface area contributed by atoms with E-state index in [1.165, 1.54) is 20.1 Å². The average molecular weight is 313 g/mol. The zero-order valence-electron chi connectivity index (χ0n) is 11.8. The monoisotopic (exact) mass is 312 g/mol. The lowest BCUT2D eigenvalue weighted by atomic mass is 10.0. The van der Waals surface area contributed by atoms with Gasteiger partial charge in [-0.25, -0.2) is 4.79 Å². The summed E-state index contributed by atoms with van der Waals surface area (Å²) in [6, 6.07) is 4.05. The Morgan fingerprint density at radius 3 is 2.71 bits per heavy atom. The van der Waals surface area contributed by atoms with Gasteiger partial charge in [-0.2, -0.15) is 5.26 Å². The standard InChI is InChI=1S/C14H17ClN2O4/c1-8(19)13(14(20)21-2)17-11-4-3-9(7-16)12(15)10(11)5-6-18/h3-4,8,13,17-19H,5-6H2,1-2H3/t8-,13+/m0/s1. The van der Waals surface area contributed by atoms with Crippen molar-refractivity contribution in [3.63, 3.8) is 0 Å². The number of anilines is 1. The molecule has 0 fully saturated rings. The van der Waals surface area contributed by atoms with Crippen LogP contribution in [0.3, 0.4) is 0 Å². The van der Waals surface area contributed by atoms with Crippen LogP contribution in [-0.2, 0) is 16.0 Å². The summed E-state index contributed by atoms with van der Waals surface area (Å²) in [6.45, 7) is 1.28. The Balaban J connectivity index is 3.20. The molecular formula is C14H17ClN2O4. The number of hydrogen-bond donors (Lipinski definition) is 3. The molecule has 0 amide bonds. The minimum Gasteiger partial charge on any atom is -0.467 e. The van der Waals surface area contributed by atoms with E-state index in [-0.39, 0.29) is 23.6 Å². The number of nitriles is 1. The molecule has 1 rings (SSSR count). The van der Waals surface area contributed by atoms with Crippen LogP contribution >= 0.6 is 11.6 Å². The summed E-state index contributed by atoms with van der Waals surface area (Å²) < 4.78 is 4.62. The summed E-state index contributed by atoms with van der Waals surface area (Å²) >= 11 is 6.12. The van der Waals surface area contributed by atoms with E-state index in [1.54, 1.807) is 6.07 Å². The largest absolute Gasteiger partial charge is 0.467 e. The van der Waals surface area contributed by atoms with Crippen LogP contribution in [0.4, 0.5) is 5.69 Å². The van der Waals surface area contributed by atoms with E-state index in [4.69, 9.17) is 22.0 Å². The molecule has 0 heterocycles. The van der Waals surface area contributed by atoms with E-state index < -0.39 is 18.1 Å². The van der Waals surface area contributed by atoms with Crippen molar-refractivity contribution in [2.45, 2.75) is 25.5 Å². The Hall–Kier alpha value is -1.81. The second-order valence-electron chi connectivity index (χ2n) is 4.42. The van der Waals surface area contributed by atoms with E-state index in [1.807, 2.05) is 6.07 Å². The number of carbonyl (C=O) groups excluding carboxylic acids is 1.